The van der Waals surface area contributed by atoms with Crippen molar-refractivity contribution in [3.63, 3.8) is 0 Å². The van der Waals surface area contributed by atoms with Gasteiger partial charge in [-0.2, -0.15) is 0 Å². The topological polar surface area (TPSA) is 88.8 Å². The van der Waals surface area contributed by atoms with Gasteiger partial charge in [0.25, 0.3) is 5.91 Å². The Hall–Kier alpha value is -3.35. The van der Waals surface area contributed by atoms with Crippen LogP contribution in [0.2, 0.25) is 0 Å². The first-order chi connectivity index (χ1) is 13.1. The van der Waals surface area contributed by atoms with E-state index >= 15 is 0 Å². The van der Waals surface area contributed by atoms with Crippen molar-refractivity contribution < 1.29 is 19.4 Å². The second-order valence-corrected chi connectivity index (χ2v) is 6.57. The lowest BCUT2D eigenvalue weighted by atomic mass is 10.1. The van der Waals surface area contributed by atoms with Crippen molar-refractivity contribution in [1.82, 2.24) is 9.47 Å². The molecule has 0 aliphatic carbocycles. The van der Waals surface area contributed by atoms with E-state index in [1.807, 2.05) is 42.5 Å². The summed E-state index contributed by atoms with van der Waals surface area (Å²) in [5.41, 5.74) is -0.247. The van der Waals surface area contributed by atoms with Crippen LogP contribution in [0, 0.1) is 0 Å². The Kier molecular flexibility index (Phi) is 4.27. The third-order valence-electron chi connectivity index (χ3n) is 4.83. The van der Waals surface area contributed by atoms with Gasteiger partial charge in [0.2, 0.25) is 5.43 Å². The Morgan fingerprint density at radius 1 is 1.22 bits per heavy atom. The van der Waals surface area contributed by atoms with Crippen molar-refractivity contribution in [3.8, 4) is 5.75 Å². The van der Waals surface area contributed by atoms with Crippen LogP contribution in [0.25, 0.3) is 0 Å². The Morgan fingerprint density at radius 3 is 2.74 bits per heavy atom. The molecule has 1 N–H and O–H groups in total. The lowest BCUT2D eigenvalue weighted by molar-refractivity contribution is 0.0663. The average Bonchev–Trinajstić information content (AvgIpc) is 2.89. The maximum atomic E-state index is 13.0. The highest BCUT2D eigenvalue weighted by Gasteiger charge is 2.36. The molecular formula is C20H18N2O5. The summed E-state index contributed by atoms with van der Waals surface area (Å²) in [6, 6.07) is 8.98. The van der Waals surface area contributed by atoms with Crippen LogP contribution in [-0.4, -0.2) is 39.5 Å². The zero-order valence-corrected chi connectivity index (χ0v) is 14.5. The summed E-state index contributed by atoms with van der Waals surface area (Å²) in [6.07, 6.45) is 5.88. The minimum Gasteiger partial charge on any atom is -0.483 e. The molecule has 1 amide bonds. The van der Waals surface area contributed by atoms with Crippen molar-refractivity contribution >= 4 is 11.9 Å². The minimum absolute atomic E-state index is 0.0694. The molecule has 138 valence electrons. The van der Waals surface area contributed by atoms with Crippen molar-refractivity contribution in [2.24, 2.45) is 0 Å². The Morgan fingerprint density at radius 2 is 2.00 bits per heavy atom. The van der Waals surface area contributed by atoms with Gasteiger partial charge in [0, 0.05) is 19.3 Å². The lowest BCUT2D eigenvalue weighted by Crippen LogP contribution is -2.44. The number of pyridine rings is 1. The van der Waals surface area contributed by atoms with E-state index in [1.165, 1.54) is 6.20 Å². The molecule has 1 atom stereocenters. The van der Waals surface area contributed by atoms with Gasteiger partial charge in [0.05, 0.1) is 6.04 Å². The summed E-state index contributed by atoms with van der Waals surface area (Å²) in [7, 11) is 0. The van der Waals surface area contributed by atoms with Crippen LogP contribution in [0.1, 0.15) is 38.9 Å². The zero-order chi connectivity index (χ0) is 19.0. The van der Waals surface area contributed by atoms with E-state index in [-0.39, 0.29) is 30.0 Å². The van der Waals surface area contributed by atoms with E-state index in [2.05, 4.69) is 0 Å². The summed E-state index contributed by atoms with van der Waals surface area (Å²) < 4.78 is 7.28. The quantitative estimate of drug-likeness (QED) is 0.837. The number of carboxylic acid groups (broad SMARTS) is 1. The standard InChI is InChI=1S/C20H18N2O5/c23-17-15(20(25)26)11-22-14-8-4-5-9-21(10-14)19(24)16(22)18(17)27-12-13-6-2-1-3-7-13/h1-4,6-8,11,14H,5,9-10,12H2,(H,25,26)/t14-/m0/s1. The molecular weight excluding hydrogens is 348 g/mol. The molecule has 0 saturated carbocycles. The van der Waals surface area contributed by atoms with Crippen LogP contribution >= 0.6 is 0 Å². The molecule has 0 spiro atoms. The summed E-state index contributed by atoms with van der Waals surface area (Å²) >= 11 is 0. The molecule has 1 aromatic carbocycles. The summed E-state index contributed by atoms with van der Waals surface area (Å²) in [5, 5.41) is 9.44. The molecule has 2 bridgehead atoms. The number of amides is 1. The smallest absolute Gasteiger partial charge is 0.341 e. The number of benzene rings is 1. The van der Waals surface area contributed by atoms with E-state index in [0.29, 0.717) is 19.5 Å². The van der Waals surface area contributed by atoms with E-state index in [4.69, 9.17) is 4.74 Å². The maximum Gasteiger partial charge on any atom is 0.341 e. The monoisotopic (exact) mass is 366 g/mol. The van der Waals surface area contributed by atoms with E-state index in [1.54, 1.807) is 9.47 Å². The van der Waals surface area contributed by atoms with Crippen molar-refractivity contribution in [3.05, 3.63) is 75.7 Å². The van der Waals surface area contributed by atoms with E-state index in [0.717, 1.165) is 5.56 Å². The fraction of sp³-hybridized carbons (Fsp3) is 0.250. The third kappa shape index (κ3) is 3.01. The molecule has 0 fully saturated rings. The predicted molar refractivity (Wildman–Crippen MR) is 97.1 cm³/mol. The Balaban J connectivity index is 1.85. The van der Waals surface area contributed by atoms with Crippen LogP contribution in [0.5, 0.6) is 5.75 Å². The minimum atomic E-state index is -1.34. The summed E-state index contributed by atoms with van der Waals surface area (Å²) in [6.45, 7) is 1.07. The van der Waals surface area contributed by atoms with Gasteiger partial charge in [0.1, 0.15) is 12.2 Å². The van der Waals surface area contributed by atoms with Gasteiger partial charge < -0.3 is 19.3 Å². The van der Waals surface area contributed by atoms with Crippen LogP contribution in [-0.2, 0) is 6.61 Å². The molecule has 0 saturated heterocycles. The first-order valence-corrected chi connectivity index (χ1v) is 8.71. The Bertz CT molecular complexity index is 993. The number of carbonyl (C=O) groups excluding carboxylic acids is 1. The number of nitrogens with zero attached hydrogens (tertiary/aromatic N) is 2. The normalized spacial score (nSPS) is 18.0. The first kappa shape index (κ1) is 17.1. The molecule has 0 radical (unpaired) electrons. The van der Waals surface area contributed by atoms with Crippen LogP contribution in [0.4, 0.5) is 0 Å². The van der Waals surface area contributed by atoms with Gasteiger partial charge in [-0.3, -0.25) is 9.59 Å². The van der Waals surface area contributed by atoms with Gasteiger partial charge >= 0.3 is 5.97 Å². The zero-order valence-electron chi connectivity index (χ0n) is 14.5. The van der Waals surface area contributed by atoms with Crippen LogP contribution in [0.3, 0.4) is 0 Å². The number of ether oxygens (including phenoxy) is 1. The number of hydrogen-bond acceptors (Lipinski definition) is 4. The van der Waals surface area contributed by atoms with Crippen LogP contribution in [0.15, 0.2) is 53.5 Å². The molecule has 1 aromatic heterocycles. The number of hydrogen-bond donors (Lipinski definition) is 1. The van der Waals surface area contributed by atoms with Gasteiger partial charge in [-0.1, -0.05) is 42.5 Å². The SMILES string of the molecule is O=C(O)c1cn2c(c(OCc3ccccc3)c1=O)C(=O)N1CCC=C[C@H]2C1. The average molecular weight is 366 g/mol. The van der Waals surface area contributed by atoms with Crippen molar-refractivity contribution in [2.45, 2.75) is 19.1 Å². The molecule has 2 aromatic rings. The number of rotatable bonds is 4. The lowest BCUT2D eigenvalue weighted by Gasteiger charge is -2.34. The van der Waals surface area contributed by atoms with E-state index in [9.17, 15) is 19.5 Å². The molecule has 2 aliphatic heterocycles. The second kappa shape index (κ2) is 6.75. The summed E-state index contributed by atoms with van der Waals surface area (Å²) in [4.78, 5) is 39.0. The van der Waals surface area contributed by atoms with Crippen LogP contribution < -0.4 is 10.2 Å². The number of fused-ring (bicyclic) bond motifs is 4. The molecule has 3 heterocycles. The van der Waals surface area contributed by atoms with Gasteiger partial charge in [-0.15, -0.1) is 0 Å². The van der Waals surface area contributed by atoms with Gasteiger partial charge in [-0.25, -0.2) is 4.79 Å². The number of carboxylic acids is 1. The number of aromatic carboxylic acids is 1. The molecule has 27 heavy (non-hydrogen) atoms. The molecule has 7 nitrogen and oxygen atoms in total. The highest BCUT2D eigenvalue weighted by molar-refractivity contribution is 5.98. The van der Waals surface area contributed by atoms with Gasteiger partial charge in [0.15, 0.2) is 11.4 Å². The van der Waals surface area contributed by atoms with Crippen molar-refractivity contribution in [1.29, 1.82) is 0 Å². The first-order valence-electron chi connectivity index (χ1n) is 8.71. The molecule has 0 unspecified atom stereocenters. The van der Waals surface area contributed by atoms with Gasteiger partial charge in [-0.05, 0) is 12.0 Å². The highest BCUT2D eigenvalue weighted by atomic mass is 16.5. The third-order valence-corrected chi connectivity index (χ3v) is 4.83. The predicted octanol–water partition coefficient (Wildman–Crippen LogP) is 2.08. The summed E-state index contributed by atoms with van der Waals surface area (Å²) in [5.74, 6) is -1.85. The highest BCUT2D eigenvalue weighted by Crippen LogP contribution is 2.30. The molecule has 4 rings (SSSR count). The Labute approximate surface area is 155 Å². The second-order valence-electron chi connectivity index (χ2n) is 6.57. The fourth-order valence-electron chi connectivity index (χ4n) is 3.47. The molecule has 2 aliphatic rings. The largest absolute Gasteiger partial charge is 0.483 e. The van der Waals surface area contributed by atoms with Crippen molar-refractivity contribution in [2.75, 3.05) is 13.1 Å². The molecule has 7 heteroatoms. The number of aromatic nitrogens is 1. The maximum absolute atomic E-state index is 13.0. The van der Waals surface area contributed by atoms with E-state index < -0.39 is 17.0 Å². The number of carbonyl (C=O) groups is 2. The fourth-order valence-corrected chi connectivity index (χ4v) is 3.47.